The summed E-state index contributed by atoms with van der Waals surface area (Å²) in [4.78, 5) is 95.7. The number of aryl methyl sites for hydroxylation is 2. The molecule has 4 saturated heterocycles. The van der Waals surface area contributed by atoms with Crippen LogP contribution >= 0.6 is 58.0 Å². The molecule has 10 aromatic rings. The number of hydrogen-bond acceptors (Lipinski definition) is 19. The van der Waals surface area contributed by atoms with Crippen LogP contribution in [0.2, 0.25) is 20.1 Å². The number of carbonyl (C=O) groups is 5. The third-order valence-corrected chi connectivity index (χ3v) is 33.9. The molecule has 0 amide bonds. The quantitative estimate of drug-likeness (QED) is 0.00952. The topological polar surface area (TPSA) is 326 Å². The van der Waals surface area contributed by atoms with E-state index in [9.17, 15) is 44.4 Å². The number of nitrogens with one attached hydrogen (secondary N) is 2. The molecule has 4 aromatic heterocycles. The van der Waals surface area contributed by atoms with Gasteiger partial charge in [-0.3, -0.25) is 29.0 Å². The van der Waals surface area contributed by atoms with E-state index >= 15 is 4.39 Å². The van der Waals surface area contributed by atoms with Crippen molar-refractivity contribution in [3.63, 3.8) is 0 Å². The van der Waals surface area contributed by atoms with Crippen LogP contribution in [0.5, 0.6) is 23.0 Å². The Kier molecular flexibility index (Phi) is 36.0. The first-order valence-electron chi connectivity index (χ1n) is 52.6. The van der Waals surface area contributed by atoms with Gasteiger partial charge in [0, 0.05) is 155 Å². The number of carboxylic acids is 1. The minimum atomic E-state index is -2.19. The number of alkyl halides is 2. The maximum absolute atomic E-state index is 17.1. The van der Waals surface area contributed by atoms with E-state index in [1.807, 2.05) is 123 Å². The van der Waals surface area contributed by atoms with E-state index in [0.29, 0.717) is 106 Å². The average Bonchev–Trinajstić information content (AvgIpc) is 1.51. The van der Waals surface area contributed by atoms with E-state index in [1.54, 1.807) is 118 Å². The number of rotatable bonds is 30. The summed E-state index contributed by atoms with van der Waals surface area (Å²) >= 11 is 30.9. The Labute approximate surface area is 896 Å². The summed E-state index contributed by atoms with van der Waals surface area (Å²) in [5.41, 5.74) is 8.50. The Morgan fingerprint density at radius 2 is 1.13 bits per heavy atom. The first-order chi connectivity index (χ1) is 71.6. The van der Waals surface area contributed by atoms with Crippen molar-refractivity contribution in [1.82, 2.24) is 29.5 Å². The van der Waals surface area contributed by atoms with Crippen molar-refractivity contribution < 1.29 is 87.4 Å². The van der Waals surface area contributed by atoms with Gasteiger partial charge < -0.3 is 63.8 Å². The number of methoxy groups -OCH3 is 1. The Hall–Kier alpha value is -10.8. The van der Waals surface area contributed by atoms with Crippen molar-refractivity contribution in [2.75, 3.05) is 13.0 Å². The number of unbranched alkanes of at least 4 members (excludes halogenated alkanes) is 12. The number of esters is 1. The Balaban J connectivity index is 0.000000141. The summed E-state index contributed by atoms with van der Waals surface area (Å²) in [7, 11) is 1.70. The second-order valence-electron chi connectivity index (χ2n) is 42.1. The van der Waals surface area contributed by atoms with Gasteiger partial charge in [-0.1, -0.05) is 237 Å². The lowest BCUT2D eigenvalue weighted by molar-refractivity contribution is -0.577. The number of aromatic amines is 2. The molecule has 1 spiro atoms. The molecule has 6 aromatic carbocycles. The van der Waals surface area contributed by atoms with Gasteiger partial charge in [-0.25, -0.2) is 24.1 Å². The van der Waals surface area contributed by atoms with Crippen LogP contribution in [0.15, 0.2) is 200 Å². The van der Waals surface area contributed by atoms with Gasteiger partial charge in [-0.2, -0.15) is 0 Å². The molecular weight excluding hydrogens is 1990 g/mol. The molecule has 21 rings (SSSR count). The molecule has 5 aliphatic carbocycles. The number of ether oxygens (including phenoxy) is 5. The van der Waals surface area contributed by atoms with Gasteiger partial charge in [0.1, 0.15) is 29.1 Å². The fourth-order valence-corrected chi connectivity index (χ4v) is 26.1. The predicted molar refractivity (Wildman–Crippen MR) is 582 cm³/mol. The summed E-state index contributed by atoms with van der Waals surface area (Å²) in [6.07, 6.45) is 37.3. The Bertz CT molecular complexity index is 6580. The van der Waals surface area contributed by atoms with E-state index in [-0.39, 0.29) is 78.3 Å². The summed E-state index contributed by atoms with van der Waals surface area (Å²) in [6, 6.07) is 47.4. The van der Waals surface area contributed by atoms with Crippen LogP contribution in [0.25, 0.3) is 78.7 Å². The molecule has 16 atom stereocenters. The van der Waals surface area contributed by atoms with E-state index in [4.69, 9.17) is 107 Å². The first-order valence-corrected chi connectivity index (χ1v) is 54.7. The Morgan fingerprint density at radius 3 is 1.65 bits per heavy atom. The molecule has 23 nitrogen and oxygen atoms in total. The number of Topliss-reactive ketones (excluding diaryl/α,β-unsaturated/α-hetero) is 2. The van der Waals surface area contributed by atoms with Crippen LogP contribution in [-0.4, -0.2) is 133 Å². The van der Waals surface area contributed by atoms with Crippen LogP contribution in [-0.2, 0) is 83.4 Å². The van der Waals surface area contributed by atoms with E-state index in [1.165, 1.54) is 89.2 Å². The number of hydrogen-bond donors (Lipinski definition) is 7. The number of aliphatic carboxylic acids is 1. The van der Waals surface area contributed by atoms with Crippen LogP contribution in [0, 0.1) is 52.3 Å². The number of imidazole rings is 1. The highest BCUT2D eigenvalue weighted by Gasteiger charge is 2.78. The van der Waals surface area contributed by atoms with Crippen molar-refractivity contribution in [2.45, 2.75) is 277 Å². The van der Waals surface area contributed by atoms with Gasteiger partial charge in [-0.15, -0.1) is 11.6 Å². The molecule has 7 N–H and O–H groups in total. The highest BCUT2D eigenvalue weighted by Crippen LogP contribution is 2.71. The molecule has 149 heavy (non-hydrogen) atoms. The minimum Gasteiger partial charge on any atom is -0.508 e. The maximum Gasteiger partial charge on any atom is 0.306 e. The summed E-state index contributed by atoms with van der Waals surface area (Å²) in [5, 5.41) is 53.0. The molecular formula is C120H136Cl5FN6O17. The normalized spacial score (nSPS) is 25.8. The zero-order valence-corrected chi connectivity index (χ0v) is 89.9. The third kappa shape index (κ3) is 23.6. The van der Waals surface area contributed by atoms with Gasteiger partial charge in [0.05, 0.1) is 48.1 Å². The molecule has 2 unspecified atom stereocenters. The fraction of sp³-hybridized carbons (Fsp3) is 0.450. The summed E-state index contributed by atoms with van der Waals surface area (Å²) in [5.74, 6) is -2.58. The van der Waals surface area contributed by atoms with Gasteiger partial charge in [0.2, 0.25) is 5.79 Å². The second-order valence-corrected chi connectivity index (χ2v) is 44.0. The van der Waals surface area contributed by atoms with E-state index in [0.717, 1.165) is 121 Å². The minimum absolute atomic E-state index is 0.135. The first kappa shape index (κ1) is 111. The average molecular weight is 2130 g/mol. The fourth-order valence-electron chi connectivity index (χ4n) is 24.9. The van der Waals surface area contributed by atoms with Gasteiger partial charge in [0.15, 0.2) is 46.8 Å². The van der Waals surface area contributed by atoms with Crippen molar-refractivity contribution in [3.05, 3.63) is 254 Å². The summed E-state index contributed by atoms with van der Waals surface area (Å²) < 4.78 is 49.1. The lowest BCUT2D eigenvalue weighted by Crippen LogP contribution is -2.70. The molecule has 29 heteroatoms. The van der Waals surface area contributed by atoms with Crippen molar-refractivity contribution in [3.8, 4) is 67.5 Å². The number of nitrogens with zero attached hydrogens (tertiary/aromatic N) is 4. The number of fused-ring (bicyclic) bond motifs is 15. The molecule has 10 bridgehead atoms. The number of phenols is 4. The molecule has 8 fully saturated rings. The van der Waals surface area contributed by atoms with Crippen molar-refractivity contribution in [1.29, 1.82) is 0 Å². The van der Waals surface area contributed by atoms with Crippen LogP contribution < -0.4 is 0 Å². The smallest absolute Gasteiger partial charge is 0.306 e. The van der Waals surface area contributed by atoms with Crippen LogP contribution in [0.4, 0.5) is 4.39 Å². The number of ketones is 3. The summed E-state index contributed by atoms with van der Waals surface area (Å²) in [6.45, 7) is 16.7. The Morgan fingerprint density at radius 1 is 0.591 bits per heavy atom. The number of halogens is 6. The van der Waals surface area contributed by atoms with Gasteiger partial charge in [-0.05, 0) is 239 Å². The van der Waals surface area contributed by atoms with Crippen LogP contribution in [0.3, 0.4) is 0 Å². The molecule has 11 aliphatic rings. The van der Waals surface area contributed by atoms with Crippen LogP contribution in [0.1, 0.15) is 249 Å². The van der Waals surface area contributed by atoms with Gasteiger partial charge in [0.25, 0.3) is 0 Å². The number of benzene rings is 6. The zero-order valence-electron chi connectivity index (χ0n) is 86.1. The molecule has 4 saturated carbocycles. The largest absolute Gasteiger partial charge is 0.508 e. The lowest BCUT2D eigenvalue weighted by Gasteiger charge is -2.60. The third-order valence-electron chi connectivity index (χ3n) is 32.4. The monoisotopic (exact) mass is 2130 g/mol. The lowest BCUT2D eigenvalue weighted by atomic mass is 9.45. The van der Waals surface area contributed by atoms with Gasteiger partial charge >= 0.3 is 11.9 Å². The molecule has 0 radical (unpaired) electrons. The second kappa shape index (κ2) is 48.4. The molecule has 6 aliphatic heterocycles. The standard InChI is InChI=1S/C44H32N4O4.C26H32ClFO5.C18H14Cl4N2O.C16H26O5.C16H32O2/c49-29-9-1-5-25(21-29)41-33-13-15-35(45-33)42(26-6-2-10-30(50)22-26)37-17-19-39(47-37)44(28-8-4-12-32(52)24-28)40-20-18-38(48-40)43(36-16-14-34(41)46-36)27-7-3-11-31(51)23-27;1-5-6-22(32)33-26(21(31)14-27)15(2)11-19-18-8-7-16-12-17(29)9-10-23(16,3)25(18,28)20(30)13-24(19,26)4;19-12-4-5-13(17(22)8-12)18(9-24-7-6-23-11-24)25-10-14-15(20)2-1-3-16(14)21;1-9-5-6-12-10(2)13(17-4)18-14-16(12)11(9)7-8-15(3,19-14)20-21-16;1-2-3-4-5-6-7-8-9-10-11-12-13-14-15-16(17)18/h1-17,19,21-24,46-47,49-52H,18,20H2;9-10,12,15,18-19H,5-8,11,13-14H2,1-4H3;1-8,11,18H,9-10H2;9-14H,5-8H2,1-4H3;2-15H2,1H3,(H,17,18)/t;15-,18-,19-,23-,24-,25-,26-;;9-,10-,11+,12+,13+,14-,15-,16?;/m.0.1./s1. The van der Waals surface area contributed by atoms with Crippen molar-refractivity contribution in [2.24, 2.45) is 52.3 Å². The number of aromatic nitrogens is 6. The molecule has 10 heterocycles. The number of carbonyl (C=O) groups excluding carboxylic acids is 4. The van der Waals surface area contributed by atoms with E-state index < -0.39 is 75.1 Å². The maximum atomic E-state index is 17.1. The van der Waals surface area contributed by atoms with Crippen molar-refractivity contribution >= 4 is 122 Å². The number of phenolic OH excluding ortho intramolecular Hbond substituents is 4. The zero-order chi connectivity index (χ0) is 106. The van der Waals surface area contributed by atoms with E-state index in [2.05, 4.69) is 35.7 Å². The number of aromatic hydroxyl groups is 4. The highest BCUT2D eigenvalue weighted by atomic mass is 35.5. The number of carboxylic acid groups (broad SMARTS) is 1. The predicted octanol–water partition coefficient (Wildman–Crippen LogP) is 29.3. The number of H-pyrrole nitrogens is 2. The molecule has 790 valence electrons. The highest BCUT2D eigenvalue weighted by molar-refractivity contribution is 6.36. The number of allylic oxidation sites excluding steroid dienone is 4. The SMILES string of the molecule is CCCC(=O)O[C@]1(C(=O)CCl)[C@@H](C)C[C@H]2[C@@H]3CCC4=CC(=O)C=C[C@]4(C)[C@@]3(F)C(=O)C[C@@]21C.CCCCCCCCCCCCCCCC(=O)O.CO[C@H]1O[C@@H]2O[C@@]3(C)CC[C@H]4[C@H](C)CC[C@@H]([C@H]1C)C24OO3.Clc1ccc(C(Cn2ccnc2)OCc2c(Cl)cccc2Cl)c(Cl)c1.Oc1cccc(-c2c3nc(c(-c4cccc(O)c4)c4ccc([nH]4)c(-c4cccc(O)c4)c4nc(c(-c5cccc(O)c5)c5ccc2[nH]5)CC4)C=C3)c1.